The lowest BCUT2D eigenvalue weighted by atomic mass is 10.3. The summed E-state index contributed by atoms with van der Waals surface area (Å²) in [4.78, 5) is 4.17. The Kier molecular flexibility index (Phi) is 2.45. The number of hydrogen-bond acceptors (Lipinski definition) is 5. The summed E-state index contributed by atoms with van der Waals surface area (Å²) < 4.78 is 10.3. The van der Waals surface area contributed by atoms with E-state index < -0.39 is 0 Å². The van der Waals surface area contributed by atoms with Gasteiger partial charge in [0.25, 0.3) is 0 Å². The maximum absolute atomic E-state index is 5.26. The van der Waals surface area contributed by atoms with Gasteiger partial charge in [-0.2, -0.15) is 4.98 Å². The summed E-state index contributed by atoms with van der Waals surface area (Å²) in [6.07, 6.45) is 1.61. The predicted molar refractivity (Wildman–Crippen MR) is 55.5 cm³/mol. The van der Waals surface area contributed by atoms with E-state index in [0.29, 0.717) is 17.6 Å². The van der Waals surface area contributed by atoms with Crippen molar-refractivity contribution in [3.63, 3.8) is 0 Å². The first-order valence-electron chi connectivity index (χ1n) is 4.81. The van der Waals surface area contributed by atoms with Crippen LogP contribution in [0.25, 0.3) is 11.6 Å². The van der Waals surface area contributed by atoms with E-state index in [1.807, 2.05) is 26.8 Å². The van der Waals surface area contributed by atoms with Crippen molar-refractivity contribution in [1.82, 2.24) is 10.1 Å². The number of nitrogens with one attached hydrogen (secondary N) is 1. The van der Waals surface area contributed by atoms with Gasteiger partial charge in [-0.25, -0.2) is 0 Å². The minimum Gasteiger partial charge on any atom is -0.461 e. The molecule has 5 heteroatoms. The highest BCUT2D eigenvalue weighted by Gasteiger charge is 2.13. The van der Waals surface area contributed by atoms with E-state index >= 15 is 0 Å². The lowest BCUT2D eigenvalue weighted by Gasteiger charge is -2.01. The van der Waals surface area contributed by atoms with E-state index in [4.69, 9.17) is 8.94 Å². The predicted octanol–water partition coefficient (Wildman–Crippen LogP) is 2.46. The minimum absolute atomic E-state index is 0.260. The van der Waals surface area contributed by atoms with Crippen LogP contribution in [-0.2, 0) is 0 Å². The summed E-state index contributed by atoms with van der Waals surface area (Å²) in [6, 6.07) is 2.54. The van der Waals surface area contributed by atoms with Gasteiger partial charge in [-0.1, -0.05) is 5.16 Å². The third-order valence-corrected chi connectivity index (χ3v) is 1.90. The van der Waals surface area contributed by atoms with Crippen molar-refractivity contribution in [3.8, 4) is 11.6 Å². The quantitative estimate of drug-likeness (QED) is 0.837. The van der Waals surface area contributed by atoms with Gasteiger partial charge in [0.05, 0.1) is 6.26 Å². The second kappa shape index (κ2) is 3.76. The van der Waals surface area contributed by atoms with Gasteiger partial charge in [0, 0.05) is 6.04 Å². The molecule has 0 aliphatic heterocycles. The largest absolute Gasteiger partial charge is 0.461 e. The van der Waals surface area contributed by atoms with Crippen LogP contribution in [-0.4, -0.2) is 16.2 Å². The van der Waals surface area contributed by atoms with Gasteiger partial charge < -0.3 is 14.3 Å². The Labute approximate surface area is 87.5 Å². The Morgan fingerprint density at radius 3 is 2.80 bits per heavy atom. The van der Waals surface area contributed by atoms with Crippen molar-refractivity contribution in [1.29, 1.82) is 0 Å². The fourth-order valence-electron chi connectivity index (χ4n) is 1.22. The van der Waals surface area contributed by atoms with Gasteiger partial charge >= 0.3 is 6.01 Å². The molecule has 0 saturated heterocycles. The van der Waals surface area contributed by atoms with Crippen LogP contribution in [0, 0.1) is 6.92 Å². The highest BCUT2D eigenvalue weighted by Crippen LogP contribution is 2.22. The fourth-order valence-corrected chi connectivity index (χ4v) is 1.22. The summed E-state index contributed by atoms with van der Waals surface area (Å²) in [6.45, 7) is 5.94. The summed E-state index contributed by atoms with van der Waals surface area (Å²) in [5, 5.41) is 6.85. The number of furan rings is 1. The first-order valence-corrected chi connectivity index (χ1v) is 4.81. The monoisotopic (exact) mass is 207 g/mol. The van der Waals surface area contributed by atoms with Crippen LogP contribution in [0.5, 0.6) is 0 Å². The molecule has 2 aromatic heterocycles. The lowest BCUT2D eigenvalue weighted by molar-refractivity contribution is 0.427. The first-order chi connectivity index (χ1) is 7.16. The van der Waals surface area contributed by atoms with Crippen molar-refractivity contribution in [2.45, 2.75) is 26.8 Å². The van der Waals surface area contributed by atoms with Crippen molar-refractivity contribution >= 4 is 6.01 Å². The molecule has 0 aliphatic carbocycles. The number of rotatable bonds is 3. The third kappa shape index (κ3) is 2.01. The molecule has 80 valence electrons. The molecule has 0 spiro atoms. The molecule has 0 aliphatic rings. The molecule has 1 N–H and O–H groups in total. The van der Waals surface area contributed by atoms with Crippen molar-refractivity contribution in [2.24, 2.45) is 0 Å². The zero-order valence-corrected chi connectivity index (χ0v) is 8.94. The SMILES string of the molecule is Cc1ccoc1-c1noc(NC(C)C)n1. The van der Waals surface area contributed by atoms with E-state index in [1.54, 1.807) is 6.26 Å². The van der Waals surface area contributed by atoms with E-state index in [9.17, 15) is 0 Å². The maximum atomic E-state index is 5.26. The average Bonchev–Trinajstić information content (AvgIpc) is 2.72. The maximum Gasteiger partial charge on any atom is 0.322 e. The number of anilines is 1. The van der Waals surface area contributed by atoms with Gasteiger partial charge in [0.1, 0.15) is 0 Å². The summed E-state index contributed by atoms with van der Waals surface area (Å²) >= 11 is 0. The molecular weight excluding hydrogens is 194 g/mol. The smallest absolute Gasteiger partial charge is 0.322 e. The summed E-state index contributed by atoms with van der Waals surface area (Å²) in [5.41, 5.74) is 0.992. The number of aromatic nitrogens is 2. The zero-order valence-electron chi connectivity index (χ0n) is 8.94. The lowest BCUT2D eigenvalue weighted by Crippen LogP contribution is -2.09. The average molecular weight is 207 g/mol. The summed E-state index contributed by atoms with van der Waals surface area (Å²) in [5.74, 6) is 1.12. The van der Waals surface area contributed by atoms with Crippen LogP contribution in [0.4, 0.5) is 6.01 Å². The molecule has 2 aromatic rings. The number of nitrogens with zero attached hydrogens (tertiary/aromatic N) is 2. The van der Waals surface area contributed by atoms with Crippen molar-refractivity contribution in [3.05, 3.63) is 17.9 Å². The Morgan fingerprint density at radius 1 is 1.40 bits per heavy atom. The molecule has 0 bridgehead atoms. The van der Waals surface area contributed by atoms with Crippen LogP contribution in [0.15, 0.2) is 21.3 Å². The van der Waals surface area contributed by atoms with Gasteiger partial charge in [0.15, 0.2) is 5.76 Å². The molecule has 0 saturated carbocycles. The summed E-state index contributed by atoms with van der Waals surface area (Å²) in [7, 11) is 0. The van der Waals surface area contributed by atoms with Crippen molar-refractivity contribution in [2.75, 3.05) is 5.32 Å². The van der Waals surface area contributed by atoms with E-state index in [0.717, 1.165) is 5.56 Å². The normalized spacial score (nSPS) is 10.9. The molecule has 0 fully saturated rings. The Hall–Kier alpha value is -1.78. The van der Waals surface area contributed by atoms with Crippen LogP contribution in [0.3, 0.4) is 0 Å². The molecule has 15 heavy (non-hydrogen) atoms. The minimum atomic E-state index is 0.260. The standard InChI is InChI=1S/C10H13N3O2/c1-6(2)11-10-12-9(13-15-10)8-7(3)4-5-14-8/h4-6H,1-3H3,(H,11,12,13). The molecule has 0 unspecified atom stereocenters. The first kappa shape index (κ1) is 9.76. The molecule has 0 radical (unpaired) electrons. The molecule has 2 rings (SSSR count). The van der Waals surface area contributed by atoms with Crippen LogP contribution < -0.4 is 5.32 Å². The van der Waals surface area contributed by atoms with E-state index in [-0.39, 0.29) is 6.04 Å². The van der Waals surface area contributed by atoms with Gasteiger partial charge in [-0.3, -0.25) is 0 Å². The fraction of sp³-hybridized carbons (Fsp3) is 0.400. The van der Waals surface area contributed by atoms with Gasteiger partial charge in [0.2, 0.25) is 5.82 Å². The molecular formula is C10H13N3O2. The third-order valence-electron chi connectivity index (χ3n) is 1.90. The number of hydrogen-bond donors (Lipinski definition) is 1. The van der Waals surface area contributed by atoms with Crippen molar-refractivity contribution < 1.29 is 8.94 Å². The van der Waals surface area contributed by atoms with Gasteiger partial charge in [-0.15, -0.1) is 0 Å². The van der Waals surface area contributed by atoms with E-state index in [2.05, 4.69) is 15.5 Å². The van der Waals surface area contributed by atoms with Crippen LogP contribution >= 0.6 is 0 Å². The van der Waals surface area contributed by atoms with Gasteiger partial charge in [-0.05, 0) is 32.4 Å². The molecule has 0 atom stereocenters. The Bertz CT molecular complexity index is 445. The molecule has 0 amide bonds. The Balaban J connectivity index is 2.24. The number of aryl methyl sites for hydroxylation is 1. The molecule has 2 heterocycles. The Morgan fingerprint density at radius 2 is 2.20 bits per heavy atom. The van der Waals surface area contributed by atoms with Crippen LogP contribution in [0.1, 0.15) is 19.4 Å². The topological polar surface area (TPSA) is 64.1 Å². The highest BCUT2D eigenvalue weighted by atomic mass is 16.5. The zero-order chi connectivity index (χ0) is 10.8. The molecule has 5 nitrogen and oxygen atoms in total. The highest BCUT2D eigenvalue weighted by molar-refractivity contribution is 5.52. The molecule has 0 aromatic carbocycles. The van der Waals surface area contributed by atoms with Crippen LogP contribution in [0.2, 0.25) is 0 Å². The second-order valence-electron chi connectivity index (χ2n) is 3.65. The second-order valence-corrected chi connectivity index (χ2v) is 3.65. The van der Waals surface area contributed by atoms with E-state index in [1.165, 1.54) is 0 Å².